The first kappa shape index (κ1) is 16.5. The van der Waals surface area contributed by atoms with Crippen LogP contribution in [0.2, 0.25) is 0 Å². The summed E-state index contributed by atoms with van der Waals surface area (Å²) in [7, 11) is 0. The molecule has 0 saturated carbocycles. The van der Waals surface area contributed by atoms with Crippen molar-refractivity contribution in [2.75, 3.05) is 5.73 Å². The number of carbonyl (C=O) groups excluding carboxylic acids is 1. The molecule has 0 atom stereocenters. The van der Waals surface area contributed by atoms with Crippen molar-refractivity contribution < 1.29 is 4.79 Å². The van der Waals surface area contributed by atoms with Gasteiger partial charge in [-0.3, -0.25) is 4.79 Å². The summed E-state index contributed by atoms with van der Waals surface area (Å²) in [5.41, 5.74) is 9.40. The standard InChI is InChI=1S/C22H20N2O/c23-20-14-11-17(12-15-20)13-16-21(25)24-22(18-7-3-1-4-8-18)19-9-5-2-6-10-19/h1-16,22H,23H2,(H,24,25)/b16-13+. The van der Waals surface area contributed by atoms with E-state index in [1.165, 1.54) is 0 Å². The molecule has 0 radical (unpaired) electrons. The first-order chi connectivity index (χ1) is 12.2. The second-order valence-corrected chi connectivity index (χ2v) is 5.76. The summed E-state index contributed by atoms with van der Waals surface area (Å²) in [4.78, 5) is 12.4. The third-order valence-corrected chi connectivity index (χ3v) is 3.92. The Bertz CT molecular complexity index is 801. The monoisotopic (exact) mass is 328 g/mol. The molecule has 124 valence electrons. The highest BCUT2D eigenvalue weighted by atomic mass is 16.1. The number of carbonyl (C=O) groups is 1. The number of nitrogens with two attached hydrogens (primary N) is 1. The number of anilines is 1. The Labute approximate surface area is 147 Å². The molecule has 0 aliphatic carbocycles. The molecule has 3 aromatic rings. The van der Waals surface area contributed by atoms with Crippen LogP contribution in [-0.2, 0) is 4.79 Å². The molecule has 0 aliphatic rings. The Morgan fingerprint density at radius 2 is 1.32 bits per heavy atom. The summed E-state index contributed by atoms with van der Waals surface area (Å²) in [5, 5.41) is 3.08. The minimum absolute atomic E-state index is 0.144. The summed E-state index contributed by atoms with van der Waals surface area (Å²) in [5.74, 6) is -0.144. The predicted molar refractivity (Wildman–Crippen MR) is 103 cm³/mol. The average molecular weight is 328 g/mol. The van der Waals surface area contributed by atoms with Crippen LogP contribution in [0.5, 0.6) is 0 Å². The highest BCUT2D eigenvalue weighted by Gasteiger charge is 2.15. The summed E-state index contributed by atoms with van der Waals surface area (Å²) >= 11 is 0. The van der Waals surface area contributed by atoms with E-state index >= 15 is 0 Å². The molecule has 0 heterocycles. The van der Waals surface area contributed by atoms with E-state index in [2.05, 4.69) is 5.32 Å². The van der Waals surface area contributed by atoms with Gasteiger partial charge in [-0.05, 0) is 34.9 Å². The number of hydrogen-bond acceptors (Lipinski definition) is 2. The van der Waals surface area contributed by atoms with Crippen molar-refractivity contribution in [1.82, 2.24) is 5.32 Å². The Hall–Kier alpha value is -3.33. The average Bonchev–Trinajstić information content (AvgIpc) is 2.67. The molecule has 0 saturated heterocycles. The van der Waals surface area contributed by atoms with E-state index in [0.29, 0.717) is 5.69 Å². The summed E-state index contributed by atoms with van der Waals surface area (Å²) in [6, 6.07) is 27.1. The predicted octanol–water partition coefficient (Wildman–Crippen LogP) is 4.19. The van der Waals surface area contributed by atoms with E-state index in [1.807, 2.05) is 84.9 Å². The molecule has 25 heavy (non-hydrogen) atoms. The van der Waals surface area contributed by atoms with Gasteiger partial charge < -0.3 is 11.1 Å². The molecule has 3 heteroatoms. The normalized spacial score (nSPS) is 10.9. The zero-order valence-corrected chi connectivity index (χ0v) is 13.8. The second-order valence-electron chi connectivity index (χ2n) is 5.76. The van der Waals surface area contributed by atoms with Gasteiger partial charge in [0, 0.05) is 11.8 Å². The van der Waals surface area contributed by atoms with Gasteiger partial charge in [0.05, 0.1) is 6.04 Å². The van der Waals surface area contributed by atoms with Gasteiger partial charge in [-0.25, -0.2) is 0 Å². The largest absolute Gasteiger partial charge is 0.399 e. The quantitative estimate of drug-likeness (QED) is 0.545. The molecule has 1 amide bonds. The first-order valence-corrected chi connectivity index (χ1v) is 8.16. The van der Waals surface area contributed by atoms with Gasteiger partial charge in [-0.2, -0.15) is 0 Å². The van der Waals surface area contributed by atoms with Gasteiger partial charge in [0.2, 0.25) is 5.91 Å². The molecule has 0 bridgehead atoms. The highest BCUT2D eigenvalue weighted by molar-refractivity contribution is 5.92. The molecular formula is C22H20N2O. The van der Waals surface area contributed by atoms with Crippen LogP contribution in [0.1, 0.15) is 22.7 Å². The zero-order valence-electron chi connectivity index (χ0n) is 13.8. The smallest absolute Gasteiger partial charge is 0.244 e. The summed E-state index contributed by atoms with van der Waals surface area (Å²) < 4.78 is 0. The summed E-state index contributed by atoms with van der Waals surface area (Å²) in [6.45, 7) is 0. The molecular weight excluding hydrogens is 308 g/mol. The number of amides is 1. The van der Waals surface area contributed by atoms with Crippen LogP contribution in [0.15, 0.2) is 91.0 Å². The fourth-order valence-corrected chi connectivity index (χ4v) is 2.62. The maximum Gasteiger partial charge on any atom is 0.244 e. The minimum Gasteiger partial charge on any atom is -0.399 e. The van der Waals surface area contributed by atoms with Crippen molar-refractivity contribution in [2.45, 2.75) is 6.04 Å². The fraction of sp³-hybridized carbons (Fsp3) is 0.0455. The maximum absolute atomic E-state index is 12.4. The van der Waals surface area contributed by atoms with Gasteiger partial charge in [-0.15, -0.1) is 0 Å². The molecule has 0 unspecified atom stereocenters. The minimum atomic E-state index is -0.189. The lowest BCUT2D eigenvalue weighted by Crippen LogP contribution is -2.27. The van der Waals surface area contributed by atoms with E-state index in [0.717, 1.165) is 16.7 Å². The SMILES string of the molecule is Nc1ccc(/C=C/C(=O)NC(c2ccccc2)c2ccccc2)cc1. The number of rotatable bonds is 5. The lowest BCUT2D eigenvalue weighted by atomic mass is 9.98. The fourth-order valence-electron chi connectivity index (χ4n) is 2.62. The van der Waals surface area contributed by atoms with Crippen molar-refractivity contribution in [3.8, 4) is 0 Å². The maximum atomic E-state index is 12.4. The van der Waals surface area contributed by atoms with Gasteiger partial charge in [0.25, 0.3) is 0 Å². The Balaban J connectivity index is 1.78. The Morgan fingerprint density at radius 3 is 1.84 bits per heavy atom. The molecule has 3 aromatic carbocycles. The highest BCUT2D eigenvalue weighted by Crippen LogP contribution is 2.21. The van der Waals surface area contributed by atoms with Crippen LogP contribution in [0, 0.1) is 0 Å². The van der Waals surface area contributed by atoms with Gasteiger partial charge in [0.15, 0.2) is 0 Å². The van der Waals surface area contributed by atoms with Crippen LogP contribution < -0.4 is 11.1 Å². The van der Waals surface area contributed by atoms with Crippen LogP contribution in [0.4, 0.5) is 5.69 Å². The summed E-state index contributed by atoms with van der Waals surface area (Å²) in [6.07, 6.45) is 3.33. The van der Waals surface area contributed by atoms with E-state index < -0.39 is 0 Å². The molecule has 0 spiro atoms. The zero-order chi connectivity index (χ0) is 17.5. The third kappa shape index (κ3) is 4.58. The van der Waals surface area contributed by atoms with E-state index in [1.54, 1.807) is 12.2 Å². The van der Waals surface area contributed by atoms with Crippen LogP contribution >= 0.6 is 0 Å². The van der Waals surface area contributed by atoms with E-state index in [9.17, 15) is 4.79 Å². The van der Waals surface area contributed by atoms with Crippen molar-refractivity contribution in [1.29, 1.82) is 0 Å². The molecule has 3 N–H and O–H groups in total. The Morgan fingerprint density at radius 1 is 0.800 bits per heavy atom. The number of benzene rings is 3. The molecule has 0 aromatic heterocycles. The first-order valence-electron chi connectivity index (χ1n) is 8.16. The van der Waals surface area contributed by atoms with E-state index in [4.69, 9.17) is 5.73 Å². The lowest BCUT2D eigenvalue weighted by molar-refractivity contribution is -0.116. The van der Waals surface area contributed by atoms with E-state index in [-0.39, 0.29) is 11.9 Å². The van der Waals surface area contributed by atoms with Crippen molar-refractivity contribution in [3.05, 3.63) is 108 Å². The van der Waals surface area contributed by atoms with Crippen LogP contribution in [0.3, 0.4) is 0 Å². The number of nitrogens with one attached hydrogen (secondary N) is 1. The molecule has 0 fully saturated rings. The topological polar surface area (TPSA) is 55.1 Å². The van der Waals surface area contributed by atoms with Crippen LogP contribution in [-0.4, -0.2) is 5.91 Å². The number of hydrogen-bond donors (Lipinski definition) is 2. The number of nitrogen functional groups attached to an aromatic ring is 1. The lowest BCUT2D eigenvalue weighted by Gasteiger charge is -2.19. The van der Waals surface area contributed by atoms with Crippen molar-refractivity contribution >= 4 is 17.7 Å². The van der Waals surface area contributed by atoms with Gasteiger partial charge >= 0.3 is 0 Å². The molecule has 0 aliphatic heterocycles. The van der Waals surface area contributed by atoms with Crippen molar-refractivity contribution in [2.24, 2.45) is 0 Å². The third-order valence-electron chi connectivity index (χ3n) is 3.92. The van der Waals surface area contributed by atoms with Gasteiger partial charge in [-0.1, -0.05) is 72.8 Å². The molecule has 3 nitrogen and oxygen atoms in total. The second kappa shape index (κ2) is 7.97. The Kier molecular flexibility index (Phi) is 5.27. The van der Waals surface area contributed by atoms with Crippen LogP contribution in [0.25, 0.3) is 6.08 Å². The van der Waals surface area contributed by atoms with Gasteiger partial charge in [0.1, 0.15) is 0 Å². The van der Waals surface area contributed by atoms with Crippen molar-refractivity contribution in [3.63, 3.8) is 0 Å². The molecule has 3 rings (SSSR count).